The van der Waals surface area contributed by atoms with E-state index in [1.165, 1.54) is 36.4 Å². The number of nitrogens with one attached hydrogen (secondary N) is 2. The number of anilines is 1. The van der Waals surface area contributed by atoms with Crippen molar-refractivity contribution in [2.75, 3.05) is 11.9 Å². The van der Waals surface area contributed by atoms with Crippen LogP contribution in [0, 0.1) is 26.1 Å². The van der Waals surface area contributed by atoms with Crippen LogP contribution in [0.1, 0.15) is 24.2 Å². The molecule has 2 N–H and O–H groups in total. The molecule has 0 aliphatic carbocycles. The number of nitrogens with zero attached hydrogens (tertiary/aromatic N) is 2. The Morgan fingerprint density at radius 1 is 1.03 bits per heavy atom. The Morgan fingerprint density at radius 3 is 2.27 bits per heavy atom. The van der Waals surface area contributed by atoms with E-state index in [2.05, 4.69) is 10.6 Å². The summed E-state index contributed by atoms with van der Waals surface area (Å²) in [5.41, 5.74) is -0.971. The van der Waals surface area contributed by atoms with E-state index in [1.54, 1.807) is 13.8 Å². The first kappa shape index (κ1) is 25.2. The van der Waals surface area contributed by atoms with Crippen molar-refractivity contribution in [3.8, 4) is 0 Å². The zero-order valence-electron chi connectivity index (χ0n) is 17.4. The number of halogens is 1. The molecule has 1 atom stereocenters. The molecule has 0 unspecified atom stereocenters. The van der Waals surface area contributed by atoms with Gasteiger partial charge in [-0.25, -0.2) is 4.79 Å². The predicted molar refractivity (Wildman–Crippen MR) is 117 cm³/mol. The van der Waals surface area contributed by atoms with Crippen molar-refractivity contribution in [1.82, 2.24) is 5.32 Å². The van der Waals surface area contributed by atoms with Gasteiger partial charge in [0, 0.05) is 17.7 Å². The third kappa shape index (κ3) is 6.71. The molecule has 2 amide bonds. The second-order valence-corrected chi connectivity index (χ2v) is 7.46. The van der Waals surface area contributed by atoms with Crippen molar-refractivity contribution in [2.45, 2.75) is 19.9 Å². The molecule has 0 aliphatic rings. The third-order valence-electron chi connectivity index (χ3n) is 4.33. The summed E-state index contributed by atoms with van der Waals surface area (Å²) in [6, 6.07) is 7.68. The van der Waals surface area contributed by atoms with Crippen molar-refractivity contribution in [2.24, 2.45) is 5.92 Å². The Morgan fingerprint density at radius 2 is 1.67 bits per heavy atom. The molecule has 0 bridgehead atoms. The molecular weight excluding hydrogens is 460 g/mol. The van der Waals surface area contributed by atoms with Gasteiger partial charge in [0.25, 0.3) is 23.2 Å². The number of rotatable bonds is 9. The Labute approximate surface area is 192 Å². The maximum atomic E-state index is 12.5. The van der Waals surface area contributed by atoms with Crippen LogP contribution in [0.25, 0.3) is 0 Å². The number of hydrogen-bond donors (Lipinski definition) is 2. The fraction of sp³-hybridized carbons (Fsp3) is 0.250. The Hall–Kier alpha value is -4.06. The van der Waals surface area contributed by atoms with Crippen molar-refractivity contribution in [3.05, 3.63) is 73.3 Å². The topological polar surface area (TPSA) is 171 Å². The van der Waals surface area contributed by atoms with Gasteiger partial charge in [-0.3, -0.25) is 29.8 Å². The van der Waals surface area contributed by atoms with Gasteiger partial charge in [0.1, 0.15) is 16.8 Å². The lowest BCUT2D eigenvalue weighted by Crippen LogP contribution is -2.46. The van der Waals surface area contributed by atoms with Crippen molar-refractivity contribution >= 4 is 46.4 Å². The molecule has 0 radical (unpaired) electrons. The average molecular weight is 479 g/mol. The first-order chi connectivity index (χ1) is 15.5. The molecule has 0 aromatic heterocycles. The van der Waals surface area contributed by atoms with E-state index in [4.69, 9.17) is 16.3 Å². The second kappa shape index (κ2) is 11.0. The van der Waals surface area contributed by atoms with Gasteiger partial charge in [-0.15, -0.1) is 0 Å². The quantitative estimate of drug-likeness (QED) is 0.314. The Bertz CT molecular complexity index is 1110. The average Bonchev–Trinajstić information content (AvgIpc) is 2.75. The van der Waals surface area contributed by atoms with Crippen LogP contribution < -0.4 is 10.6 Å². The van der Waals surface area contributed by atoms with E-state index in [0.29, 0.717) is 0 Å². The number of ether oxygens (including phenoxy) is 1. The van der Waals surface area contributed by atoms with E-state index >= 15 is 0 Å². The molecule has 33 heavy (non-hydrogen) atoms. The monoisotopic (exact) mass is 478 g/mol. The molecule has 12 nitrogen and oxygen atoms in total. The number of esters is 1. The van der Waals surface area contributed by atoms with Gasteiger partial charge in [0.2, 0.25) is 0 Å². The Balaban J connectivity index is 2.03. The molecule has 2 aromatic carbocycles. The lowest BCUT2D eigenvalue weighted by molar-refractivity contribution is -0.384. The lowest BCUT2D eigenvalue weighted by Gasteiger charge is -2.20. The summed E-state index contributed by atoms with van der Waals surface area (Å²) in [6.07, 6.45) is 0. The van der Waals surface area contributed by atoms with Gasteiger partial charge < -0.3 is 15.4 Å². The number of hydrogen-bond acceptors (Lipinski definition) is 8. The lowest BCUT2D eigenvalue weighted by atomic mass is 10.0. The standard InChI is InChI=1S/C20H19ClN4O8/c1-11(2)18(23-19(27)12-7-8-13(21)16(9-12)25(31)32)20(28)33-10-17(26)22-14-5-3-4-6-15(14)24(29)30/h3-9,11,18H,10H2,1-2H3,(H,22,26)(H,23,27)/t18-/m0/s1. The molecule has 0 fully saturated rings. The van der Waals surface area contributed by atoms with Crippen LogP contribution in [-0.2, 0) is 14.3 Å². The number of nitro groups is 2. The van der Waals surface area contributed by atoms with Crippen molar-refractivity contribution < 1.29 is 29.0 Å². The van der Waals surface area contributed by atoms with Gasteiger partial charge in [-0.05, 0) is 24.1 Å². The number of benzene rings is 2. The zero-order chi connectivity index (χ0) is 24.7. The van der Waals surface area contributed by atoms with Gasteiger partial charge in [-0.2, -0.15) is 0 Å². The maximum Gasteiger partial charge on any atom is 0.329 e. The van der Waals surface area contributed by atoms with Crippen LogP contribution in [0.15, 0.2) is 42.5 Å². The minimum atomic E-state index is -1.17. The molecule has 2 aromatic rings. The summed E-state index contributed by atoms with van der Waals surface area (Å²) in [5.74, 6) is -2.99. The van der Waals surface area contributed by atoms with Crippen LogP contribution in [0.3, 0.4) is 0 Å². The van der Waals surface area contributed by atoms with Crippen molar-refractivity contribution in [1.29, 1.82) is 0 Å². The van der Waals surface area contributed by atoms with E-state index in [9.17, 15) is 34.6 Å². The van der Waals surface area contributed by atoms with E-state index < -0.39 is 51.9 Å². The molecule has 13 heteroatoms. The molecular formula is C20H19ClN4O8. The van der Waals surface area contributed by atoms with Crippen LogP contribution >= 0.6 is 11.6 Å². The minimum absolute atomic E-state index is 0.0680. The highest BCUT2D eigenvalue weighted by Crippen LogP contribution is 2.25. The van der Waals surface area contributed by atoms with Gasteiger partial charge >= 0.3 is 5.97 Å². The molecule has 0 heterocycles. The van der Waals surface area contributed by atoms with Gasteiger partial charge in [0.05, 0.1) is 9.85 Å². The third-order valence-corrected chi connectivity index (χ3v) is 4.65. The molecule has 174 valence electrons. The number of nitro benzene ring substituents is 2. The highest BCUT2D eigenvalue weighted by molar-refractivity contribution is 6.32. The molecule has 0 saturated heterocycles. The zero-order valence-corrected chi connectivity index (χ0v) is 18.2. The summed E-state index contributed by atoms with van der Waals surface area (Å²) in [7, 11) is 0. The Kier molecular flexibility index (Phi) is 8.40. The number of para-hydroxylation sites is 2. The summed E-state index contributed by atoms with van der Waals surface area (Å²) < 4.78 is 4.95. The first-order valence-electron chi connectivity index (χ1n) is 9.46. The number of carbonyl (C=O) groups is 3. The van der Waals surface area contributed by atoms with Gasteiger partial charge in [-0.1, -0.05) is 37.6 Å². The van der Waals surface area contributed by atoms with E-state index in [-0.39, 0.29) is 22.0 Å². The maximum absolute atomic E-state index is 12.5. The molecule has 0 saturated carbocycles. The van der Waals surface area contributed by atoms with E-state index in [1.807, 2.05) is 0 Å². The largest absolute Gasteiger partial charge is 0.454 e. The molecule has 0 spiro atoms. The van der Waals surface area contributed by atoms with Crippen LogP contribution in [0.2, 0.25) is 5.02 Å². The van der Waals surface area contributed by atoms with Crippen LogP contribution in [0.5, 0.6) is 0 Å². The normalized spacial score (nSPS) is 11.4. The highest BCUT2D eigenvalue weighted by Gasteiger charge is 2.28. The van der Waals surface area contributed by atoms with Crippen molar-refractivity contribution in [3.63, 3.8) is 0 Å². The summed E-state index contributed by atoms with van der Waals surface area (Å²) >= 11 is 5.74. The van der Waals surface area contributed by atoms with Crippen LogP contribution in [0.4, 0.5) is 17.1 Å². The minimum Gasteiger partial charge on any atom is -0.454 e. The fourth-order valence-electron chi connectivity index (χ4n) is 2.67. The molecule has 2 rings (SSSR count). The first-order valence-corrected chi connectivity index (χ1v) is 9.83. The fourth-order valence-corrected chi connectivity index (χ4v) is 2.85. The van der Waals surface area contributed by atoms with Crippen LogP contribution in [-0.4, -0.2) is 40.3 Å². The molecule has 0 aliphatic heterocycles. The highest BCUT2D eigenvalue weighted by atomic mass is 35.5. The predicted octanol–water partition coefficient (Wildman–Crippen LogP) is 3.09. The summed E-state index contributed by atoms with van der Waals surface area (Å²) in [5, 5.41) is 26.6. The smallest absolute Gasteiger partial charge is 0.329 e. The number of amides is 2. The van der Waals surface area contributed by atoms with E-state index in [0.717, 1.165) is 6.07 Å². The summed E-state index contributed by atoms with van der Waals surface area (Å²) in [4.78, 5) is 57.7. The second-order valence-electron chi connectivity index (χ2n) is 7.05. The number of carbonyl (C=O) groups excluding carboxylic acids is 3. The van der Waals surface area contributed by atoms with Gasteiger partial charge in [0.15, 0.2) is 6.61 Å². The summed E-state index contributed by atoms with van der Waals surface area (Å²) in [6.45, 7) is 2.48. The SMILES string of the molecule is CC(C)[C@H](NC(=O)c1ccc(Cl)c([N+](=O)[O-])c1)C(=O)OCC(=O)Nc1ccccc1[N+](=O)[O-].